The quantitative estimate of drug-likeness (QED) is 0.705. The number of hydrogen-bond acceptors (Lipinski definition) is 1. The van der Waals surface area contributed by atoms with Crippen LogP contribution in [0.4, 0.5) is 0 Å². The molecule has 2 aromatic carbocycles. The van der Waals surface area contributed by atoms with Crippen LogP contribution in [0.5, 0.6) is 0 Å². The highest BCUT2D eigenvalue weighted by molar-refractivity contribution is 7.96. The molecule has 1 atom stereocenters. The normalized spacial score (nSPS) is 12.3. The van der Waals surface area contributed by atoms with Gasteiger partial charge in [0, 0.05) is 17.0 Å². The predicted molar refractivity (Wildman–Crippen MR) is 66.0 cm³/mol. The first-order valence-electron chi connectivity index (χ1n) is 4.79. The number of rotatable bonds is 2. The lowest BCUT2D eigenvalue weighted by atomic mass is 10.1. The molecule has 2 aromatic rings. The Kier molecular flexibility index (Phi) is 2.94. The summed E-state index contributed by atoms with van der Waals surface area (Å²) in [4.78, 5) is 1.27. The van der Waals surface area contributed by atoms with Crippen LogP contribution in [0.25, 0.3) is 10.8 Å². The first-order chi connectivity index (χ1) is 7.31. The van der Waals surface area contributed by atoms with Gasteiger partial charge in [0.05, 0.1) is 0 Å². The Bertz CT molecular complexity index is 513. The summed E-state index contributed by atoms with van der Waals surface area (Å²) in [6.07, 6.45) is 2.12. The molecular formula is C13H12NS+. The molecule has 0 amide bonds. The highest BCUT2D eigenvalue weighted by atomic mass is 32.2. The van der Waals surface area contributed by atoms with Crippen molar-refractivity contribution in [2.45, 2.75) is 4.90 Å². The van der Waals surface area contributed by atoms with Gasteiger partial charge in [0.2, 0.25) is 0 Å². The van der Waals surface area contributed by atoms with Crippen molar-refractivity contribution < 1.29 is 0 Å². The van der Waals surface area contributed by atoms with Gasteiger partial charge >= 0.3 is 0 Å². The van der Waals surface area contributed by atoms with Gasteiger partial charge in [-0.25, -0.2) is 0 Å². The average molecular weight is 214 g/mol. The molecule has 0 N–H and O–H groups in total. The van der Waals surface area contributed by atoms with E-state index < -0.39 is 0 Å². The maximum atomic E-state index is 8.67. The van der Waals surface area contributed by atoms with E-state index in [1.54, 1.807) is 0 Å². The number of hydrogen-bond donors (Lipinski definition) is 0. The third-order valence-corrected chi connectivity index (χ3v) is 4.03. The molecule has 1 unspecified atom stereocenters. The van der Waals surface area contributed by atoms with Crippen LogP contribution >= 0.6 is 0 Å². The van der Waals surface area contributed by atoms with Crippen molar-refractivity contribution in [1.29, 1.82) is 5.26 Å². The van der Waals surface area contributed by atoms with E-state index >= 15 is 0 Å². The molecule has 1 nitrogen and oxygen atoms in total. The van der Waals surface area contributed by atoms with Crippen molar-refractivity contribution in [3.8, 4) is 6.07 Å². The topological polar surface area (TPSA) is 23.8 Å². The second kappa shape index (κ2) is 4.37. The van der Waals surface area contributed by atoms with E-state index in [1.807, 2.05) is 12.1 Å². The van der Waals surface area contributed by atoms with Crippen LogP contribution in [0.15, 0.2) is 47.4 Å². The lowest BCUT2D eigenvalue weighted by molar-refractivity contribution is 1.45. The molecule has 0 bridgehead atoms. The Morgan fingerprint density at radius 2 is 1.87 bits per heavy atom. The Morgan fingerprint density at radius 3 is 2.60 bits per heavy atom. The second-order valence-corrected chi connectivity index (χ2v) is 5.48. The van der Waals surface area contributed by atoms with Crippen LogP contribution in [-0.2, 0) is 10.9 Å². The smallest absolute Gasteiger partial charge is 0.193 e. The van der Waals surface area contributed by atoms with Crippen molar-refractivity contribution in [2.75, 3.05) is 12.0 Å². The van der Waals surface area contributed by atoms with Crippen molar-refractivity contribution in [1.82, 2.24) is 0 Å². The molecule has 0 heterocycles. The molecule has 0 fully saturated rings. The van der Waals surface area contributed by atoms with E-state index in [4.69, 9.17) is 5.26 Å². The number of nitrogens with zero attached hydrogens (tertiary/aromatic N) is 1. The summed E-state index contributed by atoms with van der Waals surface area (Å²) in [5.74, 6) is 0.609. The molecule has 0 saturated carbocycles. The fourth-order valence-electron chi connectivity index (χ4n) is 1.56. The number of benzene rings is 2. The van der Waals surface area contributed by atoms with Gasteiger partial charge in [0.1, 0.15) is 12.3 Å². The van der Waals surface area contributed by atoms with E-state index in [9.17, 15) is 0 Å². The molecule has 74 valence electrons. The van der Waals surface area contributed by atoms with Gasteiger partial charge in [-0.05, 0) is 22.9 Å². The van der Waals surface area contributed by atoms with Gasteiger partial charge < -0.3 is 0 Å². The SMILES string of the molecule is C[S+](CC#N)c1ccc2ccccc2c1. The van der Waals surface area contributed by atoms with E-state index in [1.165, 1.54) is 15.7 Å². The van der Waals surface area contributed by atoms with E-state index in [0.29, 0.717) is 5.75 Å². The lowest BCUT2D eigenvalue weighted by Gasteiger charge is -2.00. The largest absolute Gasteiger partial charge is 0.198 e. The number of fused-ring (bicyclic) bond motifs is 1. The summed E-state index contributed by atoms with van der Waals surface area (Å²) in [5.41, 5.74) is 0. The Hall–Kier alpha value is -1.46. The van der Waals surface area contributed by atoms with E-state index in [-0.39, 0.29) is 10.9 Å². The van der Waals surface area contributed by atoms with Gasteiger partial charge in [0.25, 0.3) is 0 Å². The summed E-state index contributed by atoms with van der Waals surface area (Å²) < 4.78 is 0. The molecule has 0 aliphatic rings. The predicted octanol–water partition coefficient (Wildman–Crippen LogP) is 2.97. The fraction of sp³-hybridized carbons (Fsp3) is 0.154. The zero-order chi connectivity index (χ0) is 10.7. The van der Waals surface area contributed by atoms with Crippen LogP contribution in [-0.4, -0.2) is 12.0 Å². The average Bonchev–Trinajstić information content (AvgIpc) is 2.29. The zero-order valence-corrected chi connectivity index (χ0v) is 9.42. The van der Waals surface area contributed by atoms with Crippen LogP contribution < -0.4 is 0 Å². The Balaban J connectivity index is 2.43. The van der Waals surface area contributed by atoms with E-state index in [0.717, 1.165) is 0 Å². The first kappa shape index (κ1) is 10.1. The third-order valence-electron chi connectivity index (χ3n) is 2.40. The van der Waals surface area contributed by atoms with Crippen molar-refractivity contribution in [3.05, 3.63) is 42.5 Å². The molecule has 0 aliphatic heterocycles. The molecule has 0 aliphatic carbocycles. The van der Waals surface area contributed by atoms with Crippen LogP contribution in [0.3, 0.4) is 0 Å². The van der Waals surface area contributed by atoms with Gasteiger partial charge in [0.15, 0.2) is 10.6 Å². The molecule has 2 rings (SSSR count). The van der Waals surface area contributed by atoms with Crippen LogP contribution in [0.1, 0.15) is 0 Å². The maximum absolute atomic E-state index is 8.67. The van der Waals surface area contributed by atoms with Gasteiger partial charge in [-0.15, -0.1) is 0 Å². The Labute approximate surface area is 92.7 Å². The molecule has 15 heavy (non-hydrogen) atoms. The summed E-state index contributed by atoms with van der Waals surface area (Å²) in [7, 11) is 0.0494. The van der Waals surface area contributed by atoms with Gasteiger partial charge in [-0.3, -0.25) is 0 Å². The van der Waals surface area contributed by atoms with Gasteiger partial charge in [-0.1, -0.05) is 24.3 Å². The minimum atomic E-state index is 0.0494. The highest BCUT2D eigenvalue weighted by Crippen LogP contribution is 2.19. The van der Waals surface area contributed by atoms with Crippen molar-refractivity contribution in [3.63, 3.8) is 0 Å². The monoisotopic (exact) mass is 214 g/mol. The molecule has 0 saturated heterocycles. The van der Waals surface area contributed by atoms with E-state index in [2.05, 4.69) is 42.7 Å². The number of nitriles is 1. The molecule has 2 heteroatoms. The summed E-state index contributed by atoms with van der Waals surface area (Å²) >= 11 is 0. The third kappa shape index (κ3) is 2.14. The lowest BCUT2D eigenvalue weighted by Crippen LogP contribution is -2.03. The van der Waals surface area contributed by atoms with Crippen LogP contribution in [0.2, 0.25) is 0 Å². The van der Waals surface area contributed by atoms with Crippen molar-refractivity contribution >= 4 is 21.7 Å². The second-order valence-electron chi connectivity index (χ2n) is 3.45. The molecule has 0 aromatic heterocycles. The first-order valence-corrected chi connectivity index (χ1v) is 6.60. The summed E-state index contributed by atoms with van der Waals surface area (Å²) in [6, 6.07) is 17.0. The standard InChI is InChI=1S/C13H12NS/c1-15(9-8-14)13-7-6-11-4-2-3-5-12(11)10-13/h2-7,10H,9H2,1H3/q+1. The summed E-state index contributed by atoms with van der Waals surface area (Å²) in [5, 5.41) is 11.2. The Morgan fingerprint density at radius 1 is 1.13 bits per heavy atom. The highest BCUT2D eigenvalue weighted by Gasteiger charge is 2.14. The molecule has 0 spiro atoms. The minimum absolute atomic E-state index is 0.0494. The maximum Gasteiger partial charge on any atom is 0.198 e. The zero-order valence-electron chi connectivity index (χ0n) is 8.60. The summed E-state index contributed by atoms with van der Waals surface area (Å²) in [6.45, 7) is 0. The van der Waals surface area contributed by atoms with Crippen LogP contribution in [0, 0.1) is 11.3 Å². The fourth-order valence-corrected chi connectivity index (χ4v) is 2.55. The molecule has 0 radical (unpaired) electrons. The van der Waals surface area contributed by atoms with Gasteiger partial charge in [-0.2, -0.15) is 5.26 Å². The van der Waals surface area contributed by atoms with Crippen molar-refractivity contribution in [2.24, 2.45) is 0 Å². The molecular weight excluding hydrogens is 202 g/mol. The minimum Gasteiger partial charge on any atom is -0.193 e.